The van der Waals surface area contributed by atoms with Crippen LogP contribution in [-0.4, -0.2) is 19.2 Å². The minimum absolute atomic E-state index is 0.207. The van der Waals surface area contributed by atoms with Gasteiger partial charge in [-0.2, -0.15) is 0 Å². The molecule has 0 saturated heterocycles. The number of fused-ring (bicyclic) bond motifs is 1. The predicted octanol–water partition coefficient (Wildman–Crippen LogP) is 8.08. The van der Waals surface area contributed by atoms with Crippen molar-refractivity contribution >= 4 is 43.3 Å². The van der Waals surface area contributed by atoms with Crippen LogP contribution in [0.2, 0.25) is 0 Å². The number of thiophene rings is 1. The van der Waals surface area contributed by atoms with Gasteiger partial charge in [0.1, 0.15) is 11.5 Å². The molecule has 0 amide bonds. The summed E-state index contributed by atoms with van der Waals surface area (Å²) in [5, 5.41) is 0.831. The number of esters is 1. The molecule has 1 aliphatic rings. The van der Waals surface area contributed by atoms with E-state index >= 15 is 0 Å². The van der Waals surface area contributed by atoms with E-state index in [2.05, 4.69) is 28.1 Å². The molecule has 0 N–H and O–H groups in total. The van der Waals surface area contributed by atoms with Gasteiger partial charge >= 0.3 is 5.97 Å². The zero-order chi connectivity index (χ0) is 22.0. The third-order valence-electron chi connectivity index (χ3n) is 5.62. The highest BCUT2D eigenvalue weighted by Gasteiger charge is 2.24. The number of carbonyl (C=O) groups is 1. The molecule has 1 saturated carbocycles. The molecule has 1 fully saturated rings. The molecule has 1 aromatic heterocycles. The molecular formula is C25H27BrO4S. The zero-order valence-corrected chi connectivity index (χ0v) is 20.5. The van der Waals surface area contributed by atoms with E-state index in [4.69, 9.17) is 14.2 Å². The molecule has 164 valence electrons. The minimum Gasteiger partial charge on any atom is -0.496 e. The number of benzene rings is 2. The van der Waals surface area contributed by atoms with Gasteiger partial charge in [0.25, 0.3) is 0 Å². The maximum absolute atomic E-state index is 12.8. The first-order chi connectivity index (χ1) is 15.0. The summed E-state index contributed by atoms with van der Waals surface area (Å²) in [6, 6.07) is 12.2. The van der Waals surface area contributed by atoms with Crippen LogP contribution in [0.1, 0.15) is 67.1 Å². The number of hydrogen-bond donors (Lipinski definition) is 0. The molecular weight excluding hydrogens is 476 g/mol. The molecule has 4 rings (SSSR count). The van der Waals surface area contributed by atoms with Gasteiger partial charge in [-0.15, -0.1) is 11.3 Å². The van der Waals surface area contributed by atoms with Crippen molar-refractivity contribution in [2.45, 2.75) is 58.0 Å². The Hall–Kier alpha value is -2.05. The average Bonchev–Trinajstić information content (AvgIpc) is 3.11. The lowest BCUT2D eigenvalue weighted by Crippen LogP contribution is -2.11. The smallest absolute Gasteiger partial charge is 0.352 e. The van der Waals surface area contributed by atoms with Crippen molar-refractivity contribution in [1.29, 1.82) is 0 Å². The summed E-state index contributed by atoms with van der Waals surface area (Å²) in [6.07, 6.45) is 6.27. The Morgan fingerprint density at radius 1 is 1.10 bits per heavy atom. The van der Waals surface area contributed by atoms with Crippen LogP contribution in [0.25, 0.3) is 10.1 Å². The van der Waals surface area contributed by atoms with Gasteiger partial charge in [-0.25, -0.2) is 4.79 Å². The Bertz CT molecular complexity index is 1070. The summed E-state index contributed by atoms with van der Waals surface area (Å²) in [4.78, 5) is 13.3. The highest BCUT2D eigenvalue weighted by atomic mass is 79.9. The van der Waals surface area contributed by atoms with Crippen LogP contribution in [0.4, 0.5) is 0 Å². The van der Waals surface area contributed by atoms with Crippen LogP contribution in [0.15, 0.2) is 40.9 Å². The molecule has 0 aliphatic heterocycles. The van der Waals surface area contributed by atoms with E-state index in [9.17, 15) is 4.79 Å². The maximum atomic E-state index is 12.8. The van der Waals surface area contributed by atoms with Crippen LogP contribution in [0.5, 0.6) is 17.2 Å². The first-order valence-corrected chi connectivity index (χ1v) is 12.4. The normalized spacial score (nSPS) is 14.7. The van der Waals surface area contributed by atoms with Gasteiger partial charge < -0.3 is 14.2 Å². The fraction of sp³-hybridized carbons (Fsp3) is 0.400. The van der Waals surface area contributed by atoms with Crippen molar-refractivity contribution in [1.82, 2.24) is 0 Å². The van der Waals surface area contributed by atoms with Gasteiger partial charge in [-0.05, 0) is 78.4 Å². The molecule has 0 atom stereocenters. The first-order valence-electron chi connectivity index (χ1n) is 10.7. The van der Waals surface area contributed by atoms with Gasteiger partial charge in [0, 0.05) is 10.1 Å². The fourth-order valence-electron chi connectivity index (χ4n) is 4.10. The van der Waals surface area contributed by atoms with E-state index in [1.54, 1.807) is 7.11 Å². The number of rotatable bonds is 6. The van der Waals surface area contributed by atoms with E-state index in [0.29, 0.717) is 28.0 Å². The van der Waals surface area contributed by atoms with Crippen LogP contribution in [0.3, 0.4) is 0 Å². The van der Waals surface area contributed by atoms with Gasteiger partial charge in [0.05, 0.1) is 17.7 Å². The molecule has 1 aliphatic carbocycles. The number of halogens is 1. The van der Waals surface area contributed by atoms with E-state index in [0.717, 1.165) is 14.6 Å². The average molecular weight is 503 g/mol. The van der Waals surface area contributed by atoms with Gasteiger partial charge in [0.15, 0.2) is 10.6 Å². The van der Waals surface area contributed by atoms with Crippen LogP contribution in [0, 0.1) is 0 Å². The van der Waals surface area contributed by atoms with Gasteiger partial charge in [0.2, 0.25) is 0 Å². The van der Waals surface area contributed by atoms with Crippen molar-refractivity contribution < 1.29 is 19.0 Å². The van der Waals surface area contributed by atoms with Crippen LogP contribution >= 0.6 is 27.3 Å². The van der Waals surface area contributed by atoms with Gasteiger partial charge in [-0.3, -0.25) is 0 Å². The number of carbonyl (C=O) groups excluding carboxylic acids is 1. The molecule has 1 heterocycles. The third-order valence-corrected chi connectivity index (χ3v) is 7.36. The highest BCUT2D eigenvalue weighted by molar-refractivity contribution is 9.10. The highest BCUT2D eigenvalue weighted by Crippen LogP contribution is 2.45. The summed E-state index contributed by atoms with van der Waals surface area (Å²) in [6.45, 7) is 3.69. The minimum atomic E-state index is -0.375. The largest absolute Gasteiger partial charge is 0.496 e. The topological polar surface area (TPSA) is 44.8 Å². The Kier molecular flexibility index (Phi) is 6.87. The molecule has 6 heteroatoms. The lowest BCUT2D eigenvalue weighted by atomic mass is 9.84. The van der Waals surface area contributed by atoms with E-state index < -0.39 is 0 Å². The summed E-state index contributed by atoms with van der Waals surface area (Å²) in [7, 11) is 1.62. The summed E-state index contributed by atoms with van der Waals surface area (Å²) >= 11 is 4.89. The molecule has 2 aromatic carbocycles. The number of methoxy groups -OCH3 is 1. The molecule has 0 spiro atoms. The predicted molar refractivity (Wildman–Crippen MR) is 129 cm³/mol. The lowest BCUT2D eigenvalue weighted by Gasteiger charge is -2.22. The Balaban J connectivity index is 1.69. The van der Waals surface area contributed by atoms with E-state index in [-0.39, 0.29) is 12.1 Å². The lowest BCUT2D eigenvalue weighted by molar-refractivity contribution is 0.0381. The summed E-state index contributed by atoms with van der Waals surface area (Å²) < 4.78 is 19.0. The summed E-state index contributed by atoms with van der Waals surface area (Å²) in [5.41, 5.74) is 1.37. The van der Waals surface area contributed by atoms with Crippen molar-refractivity contribution in [2.75, 3.05) is 7.11 Å². The van der Waals surface area contributed by atoms with Crippen LogP contribution in [-0.2, 0) is 4.74 Å². The van der Waals surface area contributed by atoms with E-state index in [1.165, 1.54) is 49.0 Å². The van der Waals surface area contributed by atoms with Crippen molar-refractivity contribution in [3.8, 4) is 17.2 Å². The second kappa shape index (κ2) is 9.61. The molecule has 4 nitrogen and oxygen atoms in total. The number of ether oxygens (including phenoxy) is 3. The van der Waals surface area contributed by atoms with Crippen molar-refractivity contribution in [3.63, 3.8) is 0 Å². The standard InChI is InChI=1S/C25H27BrO4S/c1-15(2)29-25(27)24-23(19-13-21(28-3)20(26)14-22(19)31-24)30-18-11-9-17(10-12-18)16-7-5-4-6-8-16/h9-16H,4-8H2,1-3H3. The van der Waals surface area contributed by atoms with Crippen molar-refractivity contribution in [3.05, 3.63) is 51.3 Å². The molecule has 0 radical (unpaired) electrons. The van der Waals surface area contributed by atoms with E-state index in [1.807, 2.05) is 38.1 Å². The zero-order valence-electron chi connectivity index (χ0n) is 18.1. The van der Waals surface area contributed by atoms with Crippen LogP contribution < -0.4 is 9.47 Å². The van der Waals surface area contributed by atoms with Gasteiger partial charge in [-0.1, -0.05) is 31.4 Å². The molecule has 0 bridgehead atoms. The monoisotopic (exact) mass is 502 g/mol. The molecule has 3 aromatic rings. The quantitative estimate of drug-likeness (QED) is 0.319. The first kappa shape index (κ1) is 22.2. The Morgan fingerprint density at radius 3 is 2.45 bits per heavy atom. The molecule has 0 unspecified atom stereocenters. The molecule has 31 heavy (non-hydrogen) atoms. The second-order valence-electron chi connectivity index (χ2n) is 8.20. The second-order valence-corrected chi connectivity index (χ2v) is 10.1. The third kappa shape index (κ3) is 4.90. The fourth-order valence-corrected chi connectivity index (χ4v) is 5.79. The Labute approximate surface area is 195 Å². The SMILES string of the molecule is COc1cc2c(Oc3ccc(C4CCCCC4)cc3)c(C(=O)OC(C)C)sc2cc1Br. The Morgan fingerprint density at radius 2 is 1.81 bits per heavy atom. The van der Waals surface area contributed by atoms with Crippen molar-refractivity contribution in [2.24, 2.45) is 0 Å². The maximum Gasteiger partial charge on any atom is 0.352 e. The number of hydrogen-bond acceptors (Lipinski definition) is 5. The summed E-state index contributed by atoms with van der Waals surface area (Å²) in [5.74, 6) is 2.18.